The Morgan fingerprint density at radius 1 is 1.19 bits per heavy atom. The summed E-state index contributed by atoms with van der Waals surface area (Å²) < 4.78 is 12.3. The molecule has 1 unspecified atom stereocenters. The lowest BCUT2D eigenvalue weighted by Crippen LogP contribution is -2.64. The van der Waals surface area contributed by atoms with Gasteiger partial charge in [0.2, 0.25) is 5.91 Å². The number of halogens is 1. The molecule has 0 spiro atoms. The number of fused-ring (bicyclic) bond motifs is 1. The zero-order valence-electron chi connectivity index (χ0n) is 20.1. The SMILES string of the molecule is COc1ccc(N2C(=O)c3cc(-c4ccco4)nn3CC2(C)C(=O)NCc2cccc(C)c2)cc1Cl. The second-order valence-corrected chi connectivity index (χ2v) is 9.36. The Morgan fingerprint density at radius 3 is 2.72 bits per heavy atom. The van der Waals surface area contributed by atoms with Crippen LogP contribution in [0.2, 0.25) is 5.02 Å². The molecule has 0 fully saturated rings. The highest BCUT2D eigenvalue weighted by molar-refractivity contribution is 6.32. The summed E-state index contributed by atoms with van der Waals surface area (Å²) in [5.41, 5.74) is 2.11. The van der Waals surface area contributed by atoms with Crippen molar-refractivity contribution in [3.63, 3.8) is 0 Å². The molecule has 3 heterocycles. The van der Waals surface area contributed by atoms with Crippen molar-refractivity contribution < 1.29 is 18.7 Å². The highest BCUT2D eigenvalue weighted by Gasteiger charge is 2.49. The fourth-order valence-corrected chi connectivity index (χ4v) is 4.77. The van der Waals surface area contributed by atoms with Crippen molar-refractivity contribution in [2.75, 3.05) is 12.0 Å². The standard InChI is InChI=1S/C27H25ClN4O4/c1-17-6-4-7-18(12-17)15-29-26(34)27(2)16-31-22(14-21(30-31)24-8-5-11-36-24)25(33)32(27)19-9-10-23(35-3)20(28)13-19/h4-14H,15-16H2,1-3H3,(H,29,34). The number of hydrogen-bond acceptors (Lipinski definition) is 5. The van der Waals surface area contributed by atoms with Gasteiger partial charge in [-0.25, -0.2) is 0 Å². The second-order valence-electron chi connectivity index (χ2n) is 8.95. The molecule has 1 N–H and O–H groups in total. The molecule has 0 radical (unpaired) electrons. The molecule has 1 aliphatic rings. The van der Waals surface area contributed by atoms with Crippen molar-refractivity contribution in [2.45, 2.75) is 32.5 Å². The Kier molecular flexibility index (Phi) is 6.05. The van der Waals surface area contributed by atoms with Crippen molar-refractivity contribution >= 4 is 29.1 Å². The normalized spacial score (nSPS) is 17.1. The van der Waals surface area contributed by atoms with Gasteiger partial charge in [-0.15, -0.1) is 0 Å². The van der Waals surface area contributed by atoms with Gasteiger partial charge < -0.3 is 14.5 Å². The molecule has 0 saturated carbocycles. The highest BCUT2D eigenvalue weighted by Crippen LogP contribution is 2.37. The lowest BCUT2D eigenvalue weighted by molar-refractivity contribution is -0.126. The Morgan fingerprint density at radius 2 is 2.03 bits per heavy atom. The molecule has 36 heavy (non-hydrogen) atoms. The van der Waals surface area contributed by atoms with Crippen molar-refractivity contribution in [3.05, 3.63) is 88.8 Å². The lowest BCUT2D eigenvalue weighted by Gasteiger charge is -2.43. The minimum absolute atomic E-state index is 0.137. The van der Waals surface area contributed by atoms with Crippen LogP contribution >= 0.6 is 11.6 Å². The number of ether oxygens (including phenoxy) is 1. The quantitative estimate of drug-likeness (QED) is 0.405. The summed E-state index contributed by atoms with van der Waals surface area (Å²) in [5, 5.41) is 7.92. The van der Waals surface area contributed by atoms with Crippen LogP contribution in [-0.2, 0) is 17.9 Å². The van der Waals surface area contributed by atoms with E-state index in [9.17, 15) is 9.59 Å². The average Bonchev–Trinajstić information content (AvgIpc) is 3.53. The molecule has 184 valence electrons. The van der Waals surface area contributed by atoms with Crippen LogP contribution in [0.1, 0.15) is 28.5 Å². The second kappa shape index (κ2) is 9.20. The molecule has 1 atom stereocenters. The van der Waals surface area contributed by atoms with Gasteiger partial charge >= 0.3 is 0 Å². The van der Waals surface area contributed by atoms with Crippen molar-refractivity contribution in [1.82, 2.24) is 15.1 Å². The molecule has 9 heteroatoms. The number of hydrogen-bond donors (Lipinski definition) is 1. The maximum absolute atomic E-state index is 13.9. The van der Waals surface area contributed by atoms with E-state index in [2.05, 4.69) is 10.4 Å². The fourth-order valence-electron chi connectivity index (χ4n) is 4.52. The van der Waals surface area contributed by atoms with Gasteiger partial charge in [0, 0.05) is 18.3 Å². The number of amides is 2. The van der Waals surface area contributed by atoms with Gasteiger partial charge in [0.15, 0.2) is 5.76 Å². The van der Waals surface area contributed by atoms with Crippen molar-refractivity contribution in [2.24, 2.45) is 0 Å². The van der Waals surface area contributed by atoms with Gasteiger partial charge in [-0.2, -0.15) is 5.10 Å². The first kappa shape index (κ1) is 23.7. The molecular formula is C27H25ClN4O4. The Labute approximate surface area is 213 Å². The first-order valence-corrected chi connectivity index (χ1v) is 11.8. The number of furan rings is 1. The minimum Gasteiger partial charge on any atom is -0.495 e. The summed E-state index contributed by atoms with van der Waals surface area (Å²) in [6.07, 6.45) is 1.55. The molecule has 1 aliphatic heterocycles. The zero-order valence-corrected chi connectivity index (χ0v) is 20.9. The van der Waals surface area contributed by atoms with Crippen LogP contribution in [0.3, 0.4) is 0 Å². The summed E-state index contributed by atoms with van der Waals surface area (Å²) >= 11 is 6.40. The number of rotatable bonds is 6. The average molecular weight is 505 g/mol. The molecule has 0 bridgehead atoms. The van der Waals surface area contributed by atoms with Crippen LogP contribution in [0.5, 0.6) is 5.75 Å². The topological polar surface area (TPSA) is 89.6 Å². The smallest absolute Gasteiger partial charge is 0.277 e. The number of methoxy groups -OCH3 is 1. The molecule has 0 saturated heterocycles. The Hall–Kier alpha value is -4.04. The number of anilines is 1. The first-order valence-electron chi connectivity index (χ1n) is 11.4. The van der Waals surface area contributed by atoms with Crippen LogP contribution in [0.25, 0.3) is 11.5 Å². The van der Waals surface area contributed by atoms with Crippen LogP contribution in [-0.4, -0.2) is 34.2 Å². The number of aromatic nitrogens is 2. The van der Waals surface area contributed by atoms with Gasteiger partial charge in [-0.05, 0) is 49.7 Å². The van der Waals surface area contributed by atoms with E-state index < -0.39 is 5.54 Å². The molecule has 2 aromatic carbocycles. The fraction of sp³-hybridized carbons (Fsp3) is 0.222. The van der Waals surface area contributed by atoms with E-state index in [1.807, 2.05) is 31.2 Å². The summed E-state index contributed by atoms with van der Waals surface area (Å²) in [6, 6.07) is 18.1. The molecule has 2 aromatic heterocycles. The number of nitrogens with one attached hydrogen (secondary N) is 1. The molecule has 0 aliphatic carbocycles. The third-order valence-corrected chi connectivity index (χ3v) is 6.64. The van der Waals surface area contributed by atoms with Crippen LogP contribution < -0.4 is 15.0 Å². The molecule has 4 aromatic rings. The Bertz CT molecular complexity index is 1450. The van der Waals surface area contributed by atoms with E-state index in [1.54, 1.807) is 54.3 Å². The third-order valence-electron chi connectivity index (χ3n) is 6.35. The maximum atomic E-state index is 13.9. The largest absolute Gasteiger partial charge is 0.495 e. The molecule has 5 rings (SSSR count). The third kappa shape index (κ3) is 4.13. The van der Waals surface area contributed by atoms with E-state index in [0.29, 0.717) is 40.2 Å². The number of carbonyl (C=O) groups is 2. The number of benzene rings is 2. The predicted octanol–water partition coefficient (Wildman–Crippen LogP) is 4.85. The van der Waals surface area contributed by atoms with Crippen molar-refractivity contribution in [3.8, 4) is 17.2 Å². The summed E-state index contributed by atoms with van der Waals surface area (Å²) in [4.78, 5) is 29.1. The lowest BCUT2D eigenvalue weighted by atomic mass is 9.93. The first-order chi connectivity index (χ1) is 17.3. The van der Waals surface area contributed by atoms with E-state index in [0.717, 1.165) is 11.1 Å². The van der Waals surface area contributed by atoms with Crippen molar-refractivity contribution in [1.29, 1.82) is 0 Å². The summed E-state index contributed by atoms with van der Waals surface area (Å²) in [7, 11) is 1.52. The number of carbonyl (C=O) groups excluding carboxylic acids is 2. The summed E-state index contributed by atoms with van der Waals surface area (Å²) in [6.45, 7) is 4.19. The van der Waals surface area contributed by atoms with Gasteiger partial charge in [0.1, 0.15) is 22.7 Å². The molecular weight excluding hydrogens is 480 g/mol. The zero-order chi connectivity index (χ0) is 25.4. The van der Waals surface area contributed by atoms with Gasteiger partial charge in [0.25, 0.3) is 5.91 Å². The molecule has 2 amide bonds. The number of aryl methyl sites for hydroxylation is 1. The van der Waals surface area contributed by atoms with Crippen LogP contribution in [0.15, 0.2) is 71.3 Å². The Balaban J connectivity index is 1.55. The van der Waals surface area contributed by atoms with Gasteiger partial charge in [-0.3, -0.25) is 19.2 Å². The number of nitrogens with zero attached hydrogens (tertiary/aromatic N) is 3. The van der Waals surface area contributed by atoms with Crippen LogP contribution in [0, 0.1) is 6.92 Å². The van der Waals surface area contributed by atoms with E-state index in [-0.39, 0.29) is 18.4 Å². The van der Waals surface area contributed by atoms with E-state index in [1.165, 1.54) is 12.0 Å². The predicted molar refractivity (Wildman–Crippen MR) is 136 cm³/mol. The monoisotopic (exact) mass is 504 g/mol. The maximum Gasteiger partial charge on any atom is 0.277 e. The van der Waals surface area contributed by atoms with Crippen LogP contribution in [0.4, 0.5) is 5.69 Å². The highest BCUT2D eigenvalue weighted by atomic mass is 35.5. The van der Waals surface area contributed by atoms with Gasteiger partial charge in [0.05, 0.1) is 24.9 Å². The minimum atomic E-state index is -1.29. The van der Waals surface area contributed by atoms with E-state index >= 15 is 0 Å². The van der Waals surface area contributed by atoms with E-state index in [4.69, 9.17) is 20.8 Å². The summed E-state index contributed by atoms with van der Waals surface area (Å²) in [5.74, 6) is 0.320. The molecule has 8 nitrogen and oxygen atoms in total. The van der Waals surface area contributed by atoms with Gasteiger partial charge in [-0.1, -0.05) is 41.4 Å².